The summed E-state index contributed by atoms with van der Waals surface area (Å²) in [5.41, 5.74) is 2.53. The van der Waals surface area contributed by atoms with Crippen LogP contribution in [0.15, 0.2) is 52.6 Å². The number of alkyl carbamates (subject to hydrolysis) is 1. The average molecular weight is 739 g/mol. The summed E-state index contributed by atoms with van der Waals surface area (Å²) in [5.74, 6) is 0.736. The molecule has 3 aromatic heterocycles. The number of methoxy groups -OCH3 is 1. The molecular weight excluding hydrogens is 696 g/mol. The number of esters is 1. The van der Waals surface area contributed by atoms with E-state index in [0.717, 1.165) is 29.0 Å². The molecule has 13 nitrogen and oxygen atoms in total. The first-order chi connectivity index (χ1) is 24.3. The summed E-state index contributed by atoms with van der Waals surface area (Å²) >= 11 is 8.28. The van der Waals surface area contributed by atoms with Crippen molar-refractivity contribution in [2.75, 3.05) is 38.3 Å². The largest absolute Gasteiger partial charge is 0.482 e. The molecule has 2 N–H and O–H groups in total. The summed E-state index contributed by atoms with van der Waals surface area (Å²) < 4.78 is 23.5. The number of carbonyl (C=O) groups excluding carboxylic acids is 2. The van der Waals surface area contributed by atoms with Gasteiger partial charge in [0.05, 0.1) is 48.9 Å². The molecule has 1 spiro atoms. The second-order valence-electron chi connectivity index (χ2n) is 13.9. The van der Waals surface area contributed by atoms with Gasteiger partial charge in [0.25, 0.3) is 0 Å². The van der Waals surface area contributed by atoms with E-state index in [9.17, 15) is 14.7 Å². The number of hydrogen-bond donors (Lipinski definition) is 2. The fourth-order valence-corrected chi connectivity index (χ4v) is 7.72. The average Bonchev–Trinajstić information content (AvgIpc) is 3.67. The summed E-state index contributed by atoms with van der Waals surface area (Å²) in [6.45, 7) is 10.9. The number of piperidine rings is 1. The molecule has 0 saturated carbocycles. The zero-order valence-corrected chi connectivity index (χ0v) is 31.1. The normalized spacial score (nSPS) is 18.6. The molecule has 51 heavy (non-hydrogen) atoms. The summed E-state index contributed by atoms with van der Waals surface area (Å²) in [5, 5.41) is 14.6. The van der Waals surface area contributed by atoms with Gasteiger partial charge in [-0.1, -0.05) is 23.4 Å². The van der Waals surface area contributed by atoms with Gasteiger partial charge in [0.1, 0.15) is 22.1 Å². The number of aryl methyl sites for hydroxylation is 1. The minimum Gasteiger partial charge on any atom is -0.482 e. The van der Waals surface area contributed by atoms with Crippen molar-refractivity contribution in [2.24, 2.45) is 5.41 Å². The van der Waals surface area contributed by atoms with Crippen LogP contribution in [0.25, 0.3) is 16.9 Å². The summed E-state index contributed by atoms with van der Waals surface area (Å²) in [7, 11) is 1.31. The number of nitrogens with one attached hydrogen (secondary N) is 1. The highest BCUT2D eigenvalue weighted by Gasteiger charge is 2.50. The van der Waals surface area contributed by atoms with Gasteiger partial charge in [-0.25, -0.2) is 24.5 Å². The lowest BCUT2D eigenvalue weighted by atomic mass is 9.73. The lowest BCUT2D eigenvalue weighted by molar-refractivity contribution is -0.142. The molecular formula is C36H43ClN6O7S. The number of aliphatic hydroxyl groups excluding tert-OH is 1. The number of ether oxygens (including phenoxy) is 4. The molecule has 1 amide bonds. The van der Waals surface area contributed by atoms with Gasteiger partial charge in [0, 0.05) is 41.4 Å². The molecule has 0 bridgehead atoms. The van der Waals surface area contributed by atoms with E-state index in [2.05, 4.69) is 15.0 Å². The van der Waals surface area contributed by atoms with E-state index < -0.39 is 17.7 Å². The van der Waals surface area contributed by atoms with Crippen molar-refractivity contribution >= 4 is 46.9 Å². The number of pyridine rings is 1. The second-order valence-corrected chi connectivity index (χ2v) is 15.3. The van der Waals surface area contributed by atoms with Crippen LogP contribution in [0.5, 0.6) is 5.75 Å². The fourth-order valence-electron chi connectivity index (χ4n) is 6.53. The van der Waals surface area contributed by atoms with E-state index in [0.29, 0.717) is 58.3 Å². The van der Waals surface area contributed by atoms with Gasteiger partial charge in [-0.2, -0.15) is 0 Å². The Morgan fingerprint density at radius 2 is 1.86 bits per heavy atom. The third-order valence-corrected chi connectivity index (χ3v) is 10.8. The van der Waals surface area contributed by atoms with Crippen molar-refractivity contribution in [3.8, 4) is 17.0 Å². The third-order valence-electron chi connectivity index (χ3n) is 9.19. The monoisotopic (exact) mass is 738 g/mol. The molecule has 6 rings (SSSR count). The molecule has 2 fully saturated rings. The Morgan fingerprint density at radius 1 is 1.14 bits per heavy atom. The van der Waals surface area contributed by atoms with E-state index in [4.69, 9.17) is 40.8 Å². The topological polar surface area (TPSA) is 150 Å². The summed E-state index contributed by atoms with van der Waals surface area (Å²) in [6, 6.07) is 8.98. The number of carbonyl (C=O) groups is 2. The first kappa shape index (κ1) is 36.7. The molecule has 15 heteroatoms. The molecule has 2 aliphatic heterocycles. The minimum atomic E-state index is -0.591. The van der Waals surface area contributed by atoms with Gasteiger partial charge < -0.3 is 38.7 Å². The van der Waals surface area contributed by atoms with Crippen LogP contribution in [0.3, 0.4) is 0 Å². The number of anilines is 1. The highest BCUT2D eigenvalue weighted by molar-refractivity contribution is 7.99. The maximum atomic E-state index is 12.7. The Labute approximate surface area is 306 Å². The maximum absolute atomic E-state index is 12.7. The van der Waals surface area contributed by atoms with Crippen LogP contribution >= 0.6 is 23.4 Å². The van der Waals surface area contributed by atoms with Crippen LogP contribution < -0.4 is 15.0 Å². The predicted octanol–water partition coefficient (Wildman–Crippen LogP) is 5.85. The van der Waals surface area contributed by atoms with Gasteiger partial charge in [-0.05, 0) is 77.8 Å². The lowest BCUT2D eigenvalue weighted by Crippen LogP contribution is -2.55. The molecule has 272 valence electrons. The van der Waals surface area contributed by atoms with Crippen LogP contribution in [0.4, 0.5) is 10.6 Å². The summed E-state index contributed by atoms with van der Waals surface area (Å²) in [4.78, 5) is 41.5. The molecule has 2 atom stereocenters. The number of halogens is 1. The van der Waals surface area contributed by atoms with Crippen molar-refractivity contribution in [2.45, 2.75) is 81.7 Å². The second kappa shape index (κ2) is 14.9. The SMILES string of the molecule is COC(=O)COc1ccc(-c2cn3ccc(Sc4nc(CO)c(N5CCC6(CC5)CO[C@@H](C)[C@H]6NC(=O)OC(C)(C)C)nc4C)c(Cl)c3n2)cc1. The number of imidazole rings is 1. The highest BCUT2D eigenvalue weighted by Crippen LogP contribution is 2.44. The smallest absolute Gasteiger partial charge is 0.407 e. The van der Waals surface area contributed by atoms with Gasteiger partial charge in [-0.3, -0.25) is 0 Å². The van der Waals surface area contributed by atoms with Crippen molar-refractivity contribution in [3.05, 3.63) is 59.1 Å². The van der Waals surface area contributed by atoms with E-state index in [1.54, 1.807) is 12.1 Å². The van der Waals surface area contributed by atoms with E-state index >= 15 is 0 Å². The zero-order valence-electron chi connectivity index (χ0n) is 29.6. The number of aliphatic hydroxyl groups is 1. The molecule has 0 radical (unpaired) electrons. The standard InChI is InChI=1S/C36H43ClN6O7S/c1-21-33(51-27-11-14-43-17-25(39-32(43)29(27)37)23-7-9-24(10-8-23)48-19-28(45)47-6)40-26(18-44)31(38-21)42-15-12-36(13-16-42)20-49-22(2)30(36)41-34(46)50-35(3,4)5/h7-11,14,17,22,30,44H,12-13,15-16,18-20H2,1-6H3,(H,41,46)/t22-,30+/m0/s1. The van der Waals surface area contributed by atoms with E-state index in [1.807, 2.05) is 69.6 Å². The van der Waals surface area contributed by atoms with Crippen LogP contribution in [0.2, 0.25) is 5.02 Å². The zero-order chi connectivity index (χ0) is 36.5. The molecule has 2 aliphatic rings. The van der Waals surface area contributed by atoms with Crippen molar-refractivity contribution in [1.29, 1.82) is 0 Å². The van der Waals surface area contributed by atoms with Crippen molar-refractivity contribution in [3.63, 3.8) is 0 Å². The molecule has 4 aromatic rings. The van der Waals surface area contributed by atoms with Crippen LogP contribution in [-0.2, 0) is 25.6 Å². The number of hydrogen-bond acceptors (Lipinski definition) is 12. The Morgan fingerprint density at radius 3 is 2.53 bits per heavy atom. The van der Waals surface area contributed by atoms with E-state index in [-0.39, 0.29) is 30.8 Å². The van der Waals surface area contributed by atoms with Crippen LogP contribution in [0, 0.1) is 12.3 Å². The van der Waals surface area contributed by atoms with E-state index in [1.165, 1.54) is 18.9 Å². The third kappa shape index (κ3) is 8.03. The number of aromatic nitrogens is 4. The van der Waals surface area contributed by atoms with Gasteiger partial charge in [-0.15, -0.1) is 0 Å². The molecule has 0 aliphatic carbocycles. The van der Waals surface area contributed by atoms with Gasteiger partial charge in [0.15, 0.2) is 18.1 Å². The molecule has 2 saturated heterocycles. The summed E-state index contributed by atoms with van der Waals surface area (Å²) in [6.07, 6.45) is 4.75. The first-order valence-electron chi connectivity index (χ1n) is 16.8. The predicted molar refractivity (Wildman–Crippen MR) is 192 cm³/mol. The minimum absolute atomic E-state index is 0.137. The highest BCUT2D eigenvalue weighted by atomic mass is 35.5. The lowest BCUT2D eigenvalue weighted by Gasteiger charge is -2.43. The number of rotatable bonds is 9. The number of benzene rings is 1. The van der Waals surface area contributed by atoms with Crippen LogP contribution in [0.1, 0.15) is 51.9 Å². The first-order valence-corrected chi connectivity index (χ1v) is 18.0. The van der Waals surface area contributed by atoms with Gasteiger partial charge >= 0.3 is 12.1 Å². The fraction of sp³-hybridized carbons (Fsp3) is 0.472. The quantitative estimate of drug-likeness (QED) is 0.199. The molecule has 5 heterocycles. The Balaban J connectivity index is 1.15. The Bertz CT molecular complexity index is 1910. The van der Waals surface area contributed by atoms with Crippen molar-refractivity contribution in [1.82, 2.24) is 24.7 Å². The Kier molecular flexibility index (Phi) is 10.7. The number of nitrogens with zero attached hydrogens (tertiary/aromatic N) is 5. The number of fused-ring (bicyclic) bond motifs is 1. The van der Waals surface area contributed by atoms with Gasteiger partial charge in [0.2, 0.25) is 0 Å². The maximum Gasteiger partial charge on any atom is 0.407 e. The molecule has 0 unspecified atom stereocenters. The van der Waals surface area contributed by atoms with Crippen molar-refractivity contribution < 1.29 is 33.6 Å². The van der Waals surface area contributed by atoms with Crippen LogP contribution in [-0.4, -0.2) is 87.7 Å². The number of amides is 1. The Hall–Kier alpha value is -4.11. The molecule has 1 aromatic carbocycles.